The highest BCUT2D eigenvalue weighted by atomic mass is 127. The number of nitrogens with one attached hydrogen (secondary N) is 2. The second-order valence-electron chi connectivity index (χ2n) is 6.13. The van der Waals surface area contributed by atoms with Crippen LogP contribution in [-0.2, 0) is 11.3 Å². The third-order valence-corrected chi connectivity index (χ3v) is 4.15. The van der Waals surface area contributed by atoms with Crippen LogP contribution in [0, 0.1) is 5.92 Å². The number of hydrogen-bond acceptors (Lipinski definition) is 2. The Morgan fingerprint density at radius 2 is 1.96 bits per heavy atom. The number of carbonyl (C=O) groups is 1. The summed E-state index contributed by atoms with van der Waals surface area (Å²) in [5, 5.41) is 6.42. The van der Waals surface area contributed by atoms with Crippen LogP contribution in [0.15, 0.2) is 33.7 Å². The van der Waals surface area contributed by atoms with Gasteiger partial charge in [0.2, 0.25) is 5.91 Å². The molecular formula is C18H30BrIN4O. The number of carbonyl (C=O) groups excluding carboxylic acids is 1. The Bertz CT molecular complexity index is 552. The summed E-state index contributed by atoms with van der Waals surface area (Å²) >= 11 is 3.52. The molecule has 0 unspecified atom stereocenters. The van der Waals surface area contributed by atoms with Gasteiger partial charge in [-0.1, -0.05) is 48.0 Å². The number of benzene rings is 1. The molecule has 0 heterocycles. The van der Waals surface area contributed by atoms with Gasteiger partial charge in [0.1, 0.15) is 0 Å². The van der Waals surface area contributed by atoms with Gasteiger partial charge in [0.25, 0.3) is 0 Å². The minimum absolute atomic E-state index is 0. The molecule has 0 saturated carbocycles. The maximum atomic E-state index is 12.3. The van der Waals surface area contributed by atoms with Gasteiger partial charge in [-0.25, -0.2) is 0 Å². The highest BCUT2D eigenvalue weighted by Crippen LogP contribution is 2.17. The van der Waals surface area contributed by atoms with E-state index in [4.69, 9.17) is 0 Å². The third kappa shape index (κ3) is 10.0. The first-order valence-corrected chi connectivity index (χ1v) is 9.22. The normalized spacial score (nSPS) is 11.0. The van der Waals surface area contributed by atoms with Crippen LogP contribution >= 0.6 is 39.9 Å². The molecule has 0 spiro atoms. The Labute approximate surface area is 177 Å². The molecule has 0 saturated heterocycles. The Kier molecular flexibility index (Phi) is 12.9. The number of hydrogen-bond donors (Lipinski definition) is 2. The number of halogens is 2. The van der Waals surface area contributed by atoms with Crippen molar-refractivity contribution in [1.29, 1.82) is 0 Å². The minimum Gasteiger partial charge on any atom is -0.357 e. The molecular weight excluding hydrogens is 495 g/mol. The van der Waals surface area contributed by atoms with E-state index >= 15 is 0 Å². The number of aliphatic imine (C=N–C) groups is 1. The highest BCUT2D eigenvalue weighted by molar-refractivity contribution is 14.0. The van der Waals surface area contributed by atoms with Gasteiger partial charge in [-0.05, 0) is 24.5 Å². The van der Waals surface area contributed by atoms with Crippen LogP contribution in [-0.4, -0.2) is 43.4 Å². The largest absolute Gasteiger partial charge is 0.357 e. The average Bonchev–Trinajstić information content (AvgIpc) is 2.54. The quantitative estimate of drug-likeness (QED) is 0.310. The monoisotopic (exact) mass is 524 g/mol. The lowest BCUT2D eigenvalue weighted by atomic mass is 10.2. The molecule has 0 aromatic heterocycles. The summed E-state index contributed by atoms with van der Waals surface area (Å²) in [6.45, 7) is 9.04. The zero-order chi connectivity index (χ0) is 17.9. The van der Waals surface area contributed by atoms with Crippen molar-refractivity contribution in [3.8, 4) is 0 Å². The van der Waals surface area contributed by atoms with Gasteiger partial charge >= 0.3 is 0 Å². The molecule has 142 valence electrons. The van der Waals surface area contributed by atoms with Crippen molar-refractivity contribution < 1.29 is 4.79 Å². The molecule has 0 bridgehead atoms. The first-order chi connectivity index (χ1) is 11.4. The standard InChI is InChI=1S/C18H29BrN4O.HI/c1-5-20-18(22-12-14(2)3)21-11-10-17(24)23(4)13-15-8-6-7-9-16(15)19;/h6-9,14H,5,10-13H2,1-4H3,(H2,20,21,22);1H. The van der Waals surface area contributed by atoms with E-state index in [2.05, 4.69) is 45.4 Å². The van der Waals surface area contributed by atoms with E-state index in [0.29, 0.717) is 25.4 Å². The van der Waals surface area contributed by atoms with Crippen molar-refractivity contribution >= 4 is 51.8 Å². The van der Waals surface area contributed by atoms with Crippen molar-refractivity contribution in [1.82, 2.24) is 15.5 Å². The van der Waals surface area contributed by atoms with E-state index in [1.165, 1.54) is 0 Å². The second-order valence-corrected chi connectivity index (χ2v) is 6.99. The van der Waals surface area contributed by atoms with Gasteiger partial charge in [0, 0.05) is 44.1 Å². The molecule has 1 amide bonds. The van der Waals surface area contributed by atoms with Gasteiger partial charge in [0.05, 0.1) is 0 Å². The van der Waals surface area contributed by atoms with E-state index in [1.54, 1.807) is 4.90 Å². The van der Waals surface area contributed by atoms with Gasteiger partial charge in [-0.15, -0.1) is 24.0 Å². The van der Waals surface area contributed by atoms with E-state index in [0.717, 1.165) is 29.1 Å². The lowest BCUT2D eigenvalue weighted by Crippen LogP contribution is -2.39. The molecule has 1 rings (SSSR count). The van der Waals surface area contributed by atoms with Gasteiger partial charge < -0.3 is 15.5 Å². The molecule has 0 atom stereocenters. The topological polar surface area (TPSA) is 56.7 Å². The zero-order valence-corrected chi connectivity index (χ0v) is 19.4. The first-order valence-electron chi connectivity index (χ1n) is 8.43. The van der Waals surface area contributed by atoms with E-state index in [9.17, 15) is 4.79 Å². The van der Waals surface area contributed by atoms with Crippen molar-refractivity contribution in [3.63, 3.8) is 0 Å². The van der Waals surface area contributed by atoms with E-state index in [-0.39, 0.29) is 29.9 Å². The molecule has 2 N–H and O–H groups in total. The van der Waals surface area contributed by atoms with Crippen LogP contribution in [0.4, 0.5) is 0 Å². The Balaban J connectivity index is 0.00000576. The lowest BCUT2D eigenvalue weighted by Gasteiger charge is -2.19. The molecule has 0 aliphatic carbocycles. The maximum Gasteiger partial charge on any atom is 0.224 e. The van der Waals surface area contributed by atoms with E-state index < -0.39 is 0 Å². The highest BCUT2D eigenvalue weighted by Gasteiger charge is 2.11. The van der Waals surface area contributed by atoms with Crippen molar-refractivity contribution in [2.75, 3.05) is 26.7 Å². The average molecular weight is 525 g/mol. The smallest absolute Gasteiger partial charge is 0.224 e. The van der Waals surface area contributed by atoms with Gasteiger partial charge in [-0.3, -0.25) is 9.79 Å². The van der Waals surface area contributed by atoms with Crippen molar-refractivity contribution in [2.45, 2.75) is 33.7 Å². The number of nitrogens with zero attached hydrogens (tertiary/aromatic N) is 2. The summed E-state index contributed by atoms with van der Waals surface area (Å²) in [6.07, 6.45) is 0.438. The Morgan fingerprint density at radius 1 is 1.28 bits per heavy atom. The summed E-state index contributed by atoms with van der Waals surface area (Å²) in [4.78, 5) is 18.5. The number of amides is 1. The molecule has 1 aromatic carbocycles. The molecule has 0 aliphatic heterocycles. The molecule has 1 aromatic rings. The molecule has 7 heteroatoms. The molecule has 5 nitrogen and oxygen atoms in total. The first kappa shape index (κ1) is 24.2. The van der Waals surface area contributed by atoms with E-state index in [1.807, 2.05) is 38.2 Å². The van der Waals surface area contributed by atoms with Crippen LogP contribution in [0.5, 0.6) is 0 Å². The fourth-order valence-electron chi connectivity index (χ4n) is 2.06. The lowest BCUT2D eigenvalue weighted by molar-refractivity contribution is -0.130. The summed E-state index contributed by atoms with van der Waals surface area (Å²) < 4.78 is 1.03. The Hall–Kier alpha value is -0.830. The van der Waals surface area contributed by atoms with Crippen LogP contribution in [0.25, 0.3) is 0 Å². The molecule has 0 radical (unpaired) electrons. The zero-order valence-electron chi connectivity index (χ0n) is 15.5. The number of guanidine groups is 1. The molecule has 25 heavy (non-hydrogen) atoms. The SMILES string of the molecule is CCNC(=NCC(C)C)NCCC(=O)N(C)Cc1ccccc1Br.I. The molecule has 0 aliphatic rings. The summed E-state index contributed by atoms with van der Waals surface area (Å²) in [5.74, 6) is 1.39. The maximum absolute atomic E-state index is 12.3. The van der Waals surface area contributed by atoms with Crippen LogP contribution in [0.2, 0.25) is 0 Å². The predicted octanol–water partition coefficient (Wildman–Crippen LogP) is 3.63. The van der Waals surface area contributed by atoms with Crippen molar-refractivity contribution in [3.05, 3.63) is 34.3 Å². The Morgan fingerprint density at radius 3 is 2.56 bits per heavy atom. The third-order valence-electron chi connectivity index (χ3n) is 3.38. The van der Waals surface area contributed by atoms with Gasteiger partial charge in [-0.2, -0.15) is 0 Å². The molecule has 0 fully saturated rings. The van der Waals surface area contributed by atoms with Crippen LogP contribution in [0.1, 0.15) is 32.8 Å². The van der Waals surface area contributed by atoms with Crippen LogP contribution < -0.4 is 10.6 Å². The fraction of sp³-hybridized carbons (Fsp3) is 0.556. The van der Waals surface area contributed by atoms with Gasteiger partial charge in [0.15, 0.2) is 5.96 Å². The summed E-state index contributed by atoms with van der Waals surface area (Å²) in [6, 6.07) is 7.96. The number of rotatable bonds is 8. The predicted molar refractivity (Wildman–Crippen MR) is 119 cm³/mol. The minimum atomic E-state index is 0. The van der Waals surface area contributed by atoms with Crippen molar-refractivity contribution in [2.24, 2.45) is 10.9 Å². The summed E-state index contributed by atoms with van der Waals surface area (Å²) in [7, 11) is 1.83. The fourth-order valence-corrected chi connectivity index (χ4v) is 2.47. The van der Waals surface area contributed by atoms with Crippen LogP contribution in [0.3, 0.4) is 0 Å². The second kappa shape index (κ2) is 13.4. The summed E-state index contributed by atoms with van der Waals surface area (Å²) in [5.41, 5.74) is 1.10.